The van der Waals surface area contributed by atoms with Crippen LogP contribution in [0.1, 0.15) is 72.1 Å². The molecule has 0 heterocycles. The number of carboxylic acids is 1. The first kappa shape index (κ1) is 23.5. The molecule has 8 heteroatoms. The number of hydrogen-bond acceptors (Lipinski definition) is 4. The minimum Gasteiger partial charge on any atom is -0.478 e. The number of benzene rings is 2. The fraction of sp³-hybridized carbons (Fsp3) is 0.364. The Morgan fingerprint density at radius 2 is 1.57 bits per heavy atom. The molecule has 0 fully saturated rings. The highest BCUT2D eigenvalue weighted by Crippen LogP contribution is 2.29. The fourth-order valence-corrected chi connectivity index (χ4v) is 4.53. The van der Waals surface area contributed by atoms with Gasteiger partial charge in [-0.1, -0.05) is 45.9 Å². The van der Waals surface area contributed by atoms with Crippen molar-refractivity contribution in [2.75, 3.05) is 0 Å². The van der Waals surface area contributed by atoms with E-state index in [9.17, 15) is 27.5 Å². The van der Waals surface area contributed by atoms with Crippen molar-refractivity contribution in [2.45, 2.75) is 51.7 Å². The van der Waals surface area contributed by atoms with Crippen LogP contribution in [-0.2, 0) is 27.0 Å². The molecule has 2 aromatic carbocycles. The van der Waals surface area contributed by atoms with E-state index in [0.717, 1.165) is 0 Å². The van der Waals surface area contributed by atoms with Gasteiger partial charge in [-0.05, 0) is 52.3 Å². The van der Waals surface area contributed by atoms with E-state index >= 15 is 0 Å². The van der Waals surface area contributed by atoms with Crippen LogP contribution in [0.15, 0.2) is 36.4 Å². The molecule has 0 aliphatic carbocycles. The van der Waals surface area contributed by atoms with Gasteiger partial charge in [-0.25, -0.2) is 17.6 Å². The Labute approximate surface area is 176 Å². The number of halogens is 1. The molecule has 0 unspecified atom stereocenters. The van der Waals surface area contributed by atoms with E-state index in [1.54, 1.807) is 0 Å². The lowest BCUT2D eigenvalue weighted by molar-refractivity contribution is -0.118. The van der Waals surface area contributed by atoms with Crippen molar-refractivity contribution >= 4 is 21.9 Å². The molecule has 2 rings (SSSR count). The molecule has 0 radical (unpaired) electrons. The number of carboxylic acid groups (broad SMARTS) is 1. The van der Waals surface area contributed by atoms with E-state index in [-0.39, 0.29) is 29.4 Å². The zero-order chi connectivity index (χ0) is 22.6. The number of carbonyl (C=O) groups is 2. The Balaban J connectivity index is 2.28. The summed E-state index contributed by atoms with van der Waals surface area (Å²) in [7, 11) is -4.12. The SMILES string of the molecule is CC(C)c1cc(F)cc(C(C)C)c1CC(=O)NS(=O)(=O)Cc1ccccc1C(=O)O. The molecule has 2 N–H and O–H groups in total. The Bertz CT molecular complexity index is 1030. The van der Waals surface area contributed by atoms with Crippen molar-refractivity contribution in [3.8, 4) is 0 Å². The van der Waals surface area contributed by atoms with Crippen LogP contribution in [0.25, 0.3) is 0 Å². The second-order valence-corrected chi connectivity index (χ2v) is 9.52. The van der Waals surface area contributed by atoms with E-state index in [1.807, 2.05) is 32.4 Å². The van der Waals surface area contributed by atoms with Crippen molar-refractivity contribution in [1.82, 2.24) is 4.72 Å². The van der Waals surface area contributed by atoms with Gasteiger partial charge in [0.25, 0.3) is 0 Å². The highest BCUT2D eigenvalue weighted by molar-refractivity contribution is 7.89. The summed E-state index contributed by atoms with van der Waals surface area (Å²) in [6.45, 7) is 7.50. The molecule has 0 saturated carbocycles. The molecule has 0 spiro atoms. The van der Waals surface area contributed by atoms with Gasteiger partial charge < -0.3 is 5.11 Å². The third-order valence-corrected chi connectivity index (χ3v) is 5.96. The first-order valence-corrected chi connectivity index (χ1v) is 11.2. The number of nitrogens with one attached hydrogen (secondary N) is 1. The zero-order valence-electron chi connectivity index (χ0n) is 17.4. The Kier molecular flexibility index (Phi) is 7.36. The molecule has 0 aliphatic rings. The molecule has 30 heavy (non-hydrogen) atoms. The summed E-state index contributed by atoms with van der Waals surface area (Å²) in [5.74, 6) is -3.15. The maximum Gasteiger partial charge on any atom is 0.335 e. The van der Waals surface area contributed by atoms with Gasteiger partial charge in [0.1, 0.15) is 5.82 Å². The van der Waals surface area contributed by atoms with E-state index < -0.39 is 33.5 Å². The van der Waals surface area contributed by atoms with Gasteiger partial charge in [0, 0.05) is 0 Å². The zero-order valence-corrected chi connectivity index (χ0v) is 18.2. The van der Waals surface area contributed by atoms with E-state index in [1.165, 1.54) is 36.4 Å². The predicted octanol–water partition coefficient (Wildman–Crippen LogP) is 3.96. The lowest BCUT2D eigenvalue weighted by Crippen LogP contribution is -2.33. The molecule has 0 bridgehead atoms. The molecule has 6 nitrogen and oxygen atoms in total. The Morgan fingerprint density at radius 3 is 2.07 bits per heavy atom. The summed E-state index contributed by atoms with van der Waals surface area (Å²) in [6, 6.07) is 8.46. The predicted molar refractivity (Wildman–Crippen MR) is 112 cm³/mol. The minimum absolute atomic E-state index is 0.0555. The smallest absolute Gasteiger partial charge is 0.335 e. The van der Waals surface area contributed by atoms with Crippen molar-refractivity contribution in [3.63, 3.8) is 0 Å². The molecule has 0 saturated heterocycles. The third-order valence-electron chi connectivity index (χ3n) is 4.73. The van der Waals surface area contributed by atoms with E-state index in [2.05, 4.69) is 0 Å². The van der Waals surface area contributed by atoms with Crippen LogP contribution >= 0.6 is 0 Å². The van der Waals surface area contributed by atoms with Gasteiger partial charge in [0.05, 0.1) is 17.7 Å². The van der Waals surface area contributed by atoms with Crippen LogP contribution in [0.5, 0.6) is 0 Å². The highest BCUT2D eigenvalue weighted by atomic mass is 32.2. The average Bonchev–Trinajstić information content (AvgIpc) is 2.61. The van der Waals surface area contributed by atoms with Crippen molar-refractivity contribution in [2.24, 2.45) is 0 Å². The lowest BCUT2D eigenvalue weighted by atomic mass is 9.87. The van der Waals surface area contributed by atoms with Gasteiger partial charge >= 0.3 is 5.97 Å². The molecule has 0 aromatic heterocycles. The first-order valence-electron chi connectivity index (χ1n) is 9.58. The quantitative estimate of drug-likeness (QED) is 0.654. The summed E-state index contributed by atoms with van der Waals surface area (Å²) < 4.78 is 41.0. The molecular formula is C22H26FNO5S. The largest absolute Gasteiger partial charge is 0.478 e. The van der Waals surface area contributed by atoms with Gasteiger partial charge in [0.2, 0.25) is 15.9 Å². The highest BCUT2D eigenvalue weighted by Gasteiger charge is 2.23. The maximum atomic E-state index is 14.0. The first-order chi connectivity index (χ1) is 13.9. The summed E-state index contributed by atoms with van der Waals surface area (Å²) in [6.07, 6.45) is -0.221. The van der Waals surface area contributed by atoms with Gasteiger partial charge in [-0.2, -0.15) is 0 Å². The second-order valence-electron chi connectivity index (χ2n) is 7.80. The van der Waals surface area contributed by atoms with Crippen LogP contribution in [0.3, 0.4) is 0 Å². The van der Waals surface area contributed by atoms with Gasteiger partial charge in [-0.3, -0.25) is 9.52 Å². The van der Waals surface area contributed by atoms with E-state index in [0.29, 0.717) is 16.7 Å². The van der Waals surface area contributed by atoms with Gasteiger partial charge in [0.15, 0.2) is 0 Å². The number of amides is 1. The van der Waals surface area contributed by atoms with Crippen molar-refractivity contribution in [1.29, 1.82) is 0 Å². The fourth-order valence-electron chi connectivity index (χ4n) is 3.38. The normalized spacial score (nSPS) is 11.7. The monoisotopic (exact) mass is 435 g/mol. The molecule has 0 atom stereocenters. The van der Waals surface area contributed by atoms with Crippen LogP contribution in [0.4, 0.5) is 4.39 Å². The van der Waals surface area contributed by atoms with E-state index in [4.69, 9.17) is 0 Å². The Hall–Kier alpha value is -2.74. The van der Waals surface area contributed by atoms with Crippen LogP contribution in [-0.4, -0.2) is 25.4 Å². The summed E-state index contributed by atoms with van der Waals surface area (Å²) in [5, 5.41) is 9.21. The second kappa shape index (κ2) is 9.38. The molecule has 162 valence electrons. The molecular weight excluding hydrogens is 409 g/mol. The maximum absolute atomic E-state index is 14.0. The molecule has 2 aromatic rings. The third kappa shape index (κ3) is 5.89. The molecule has 1 amide bonds. The standard InChI is InChI=1S/C22H26FNO5S/c1-13(2)18-9-16(23)10-19(14(3)4)20(18)11-21(25)24-30(28,29)12-15-7-5-6-8-17(15)22(26)27/h5-10,13-14H,11-12H2,1-4H3,(H,24,25)(H,26,27). The number of sulfonamides is 1. The minimum atomic E-state index is -4.12. The number of rotatable bonds is 8. The van der Waals surface area contributed by atoms with Crippen LogP contribution < -0.4 is 4.72 Å². The Morgan fingerprint density at radius 1 is 1.03 bits per heavy atom. The topological polar surface area (TPSA) is 101 Å². The van der Waals surface area contributed by atoms with Crippen LogP contribution in [0.2, 0.25) is 0 Å². The molecule has 0 aliphatic heterocycles. The lowest BCUT2D eigenvalue weighted by Gasteiger charge is -2.20. The van der Waals surface area contributed by atoms with Crippen LogP contribution in [0, 0.1) is 5.82 Å². The summed E-state index contributed by atoms with van der Waals surface area (Å²) >= 11 is 0. The summed E-state index contributed by atoms with van der Waals surface area (Å²) in [4.78, 5) is 23.9. The number of carbonyl (C=O) groups excluding carboxylic acids is 1. The number of hydrogen-bond donors (Lipinski definition) is 2. The summed E-state index contributed by atoms with van der Waals surface area (Å²) in [5.41, 5.74) is 1.86. The van der Waals surface area contributed by atoms with Crippen molar-refractivity contribution in [3.05, 3.63) is 70.0 Å². The number of aromatic carboxylic acids is 1. The average molecular weight is 436 g/mol. The van der Waals surface area contributed by atoms with Gasteiger partial charge in [-0.15, -0.1) is 0 Å². The van der Waals surface area contributed by atoms with Crippen molar-refractivity contribution < 1.29 is 27.5 Å².